The first-order chi connectivity index (χ1) is 9.71. The molecule has 0 N–H and O–H groups in total. The molecule has 1 aliphatic heterocycles. The maximum atomic E-state index is 11.9. The van der Waals surface area contributed by atoms with Gasteiger partial charge in [-0.05, 0) is 57.0 Å². The Kier molecular flexibility index (Phi) is 4.57. The summed E-state index contributed by atoms with van der Waals surface area (Å²) in [5.41, 5.74) is 0.746. The molecule has 0 bridgehead atoms. The van der Waals surface area contributed by atoms with Crippen LogP contribution in [0.3, 0.4) is 0 Å². The van der Waals surface area contributed by atoms with Gasteiger partial charge in [0.2, 0.25) is 0 Å². The number of hydrogen-bond acceptors (Lipinski definition) is 3. The van der Waals surface area contributed by atoms with E-state index in [2.05, 4.69) is 39.8 Å². The zero-order valence-electron chi connectivity index (χ0n) is 14.6. The second-order valence-electron chi connectivity index (χ2n) is 8.13. The second kappa shape index (κ2) is 5.79. The lowest BCUT2D eigenvalue weighted by molar-refractivity contribution is -0.142. The standard InChI is InChI=1S/C17H32N2O2/c1-7-21-15(20)19-10-8-17(9-11-19)12-13(18(5)6)14(17)16(2,3)4/h13-14H,7-12H2,1-6H3. The molecular weight excluding hydrogens is 264 g/mol. The largest absolute Gasteiger partial charge is 0.450 e. The highest BCUT2D eigenvalue weighted by molar-refractivity contribution is 5.67. The van der Waals surface area contributed by atoms with Crippen LogP contribution in [-0.2, 0) is 4.74 Å². The topological polar surface area (TPSA) is 32.8 Å². The molecule has 1 aliphatic carbocycles. The minimum atomic E-state index is -0.136. The predicted molar refractivity (Wildman–Crippen MR) is 85.3 cm³/mol. The van der Waals surface area contributed by atoms with Gasteiger partial charge in [-0.2, -0.15) is 0 Å². The van der Waals surface area contributed by atoms with Crippen LogP contribution in [0.4, 0.5) is 4.79 Å². The number of amides is 1. The van der Waals surface area contributed by atoms with Crippen molar-refractivity contribution in [2.75, 3.05) is 33.8 Å². The van der Waals surface area contributed by atoms with Crippen LogP contribution in [0, 0.1) is 16.7 Å². The normalized spacial score (nSPS) is 28.6. The Hall–Kier alpha value is -0.770. The Labute approximate surface area is 129 Å². The molecule has 2 atom stereocenters. The van der Waals surface area contributed by atoms with E-state index in [4.69, 9.17) is 4.74 Å². The van der Waals surface area contributed by atoms with Gasteiger partial charge >= 0.3 is 6.09 Å². The fourth-order valence-electron chi connectivity index (χ4n) is 4.75. The SMILES string of the molecule is CCOC(=O)N1CCC2(CC1)CC(N(C)C)C2C(C)(C)C. The predicted octanol–water partition coefficient (Wildman–Crippen LogP) is 3.22. The quantitative estimate of drug-likeness (QED) is 0.784. The van der Waals surface area contributed by atoms with E-state index in [1.807, 2.05) is 11.8 Å². The molecule has 2 unspecified atom stereocenters. The molecule has 122 valence electrons. The molecule has 0 radical (unpaired) electrons. The van der Waals surface area contributed by atoms with E-state index in [0.717, 1.165) is 25.9 Å². The molecule has 1 amide bonds. The van der Waals surface area contributed by atoms with Crippen LogP contribution in [0.15, 0.2) is 0 Å². The van der Waals surface area contributed by atoms with Crippen LogP contribution < -0.4 is 0 Å². The van der Waals surface area contributed by atoms with Crippen molar-refractivity contribution >= 4 is 6.09 Å². The highest BCUT2D eigenvalue weighted by Crippen LogP contribution is 2.61. The third kappa shape index (κ3) is 3.05. The number of rotatable bonds is 2. The molecule has 21 heavy (non-hydrogen) atoms. The van der Waals surface area contributed by atoms with Gasteiger partial charge in [-0.1, -0.05) is 20.8 Å². The van der Waals surface area contributed by atoms with Crippen LogP contribution in [-0.4, -0.2) is 55.7 Å². The number of likely N-dealkylation sites (tertiary alicyclic amines) is 1. The van der Waals surface area contributed by atoms with Crippen LogP contribution in [0.1, 0.15) is 47.0 Å². The molecule has 0 aromatic heterocycles. The summed E-state index contributed by atoms with van der Waals surface area (Å²) in [5, 5.41) is 0. The second-order valence-corrected chi connectivity index (χ2v) is 8.13. The minimum absolute atomic E-state index is 0.136. The van der Waals surface area contributed by atoms with Crippen LogP contribution >= 0.6 is 0 Å². The van der Waals surface area contributed by atoms with Crippen molar-refractivity contribution in [2.45, 2.75) is 53.0 Å². The number of carbonyl (C=O) groups excluding carboxylic acids is 1. The van der Waals surface area contributed by atoms with Gasteiger partial charge in [-0.25, -0.2) is 4.79 Å². The van der Waals surface area contributed by atoms with Crippen molar-refractivity contribution in [1.82, 2.24) is 9.80 Å². The lowest BCUT2D eigenvalue weighted by Crippen LogP contribution is -2.64. The summed E-state index contributed by atoms with van der Waals surface area (Å²) in [6.45, 7) is 11.1. The smallest absolute Gasteiger partial charge is 0.409 e. The summed E-state index contributed by atoms with van der Waals surface area (Å²) >= 11 is 0. The molecule has 2 fully saturated rings. The Morgan fingerprint density at radius 2 is 1.86 bits per heavy atom. The Morgan fingerprint density at radius 3 is 2.29 bits per heavy atom. The molecule has 1 saturated carbocycles. The summed E-state index contributed by atoms with van der Waals surface area (Å²) in [4.78, 5) is 16.1. The fourth-order valence-corrected chi connectivity index (χ4v) is 4.75. The molecule has 0 aromatic rings. The number of carbonyl (C=O) groups is 1. The molecule has 2 aliphatic rings. The fraction of sp³-hybridized carbons (Fsp3) is 0.941. The Bertz CT molecular complexity index is 379. The van der Waals surface area contributed by atoms with E-state index in [1.54, 1.807) is 0 Å². The number of ether oxygens (including phenoxy) is 1. The van der Waals surface area contributed by atoms with Gasteiger partial charge in [0.1, 0.15) is 0 Å². The van der Waals surface area contributed by atoms with Crippen molar-refractivity contribution in [3.63, 3.8) is 0 Å². The van der Waals surface area contributed by atoms with Gasteiger partial charge in [0.15, 0.2) is 0 Å². The van der Waals surface area contributed by atoms with Gasteiger partial charge in [-0.15, -0.1) is 0 Å². The molecule has 1 heterocycles. The van der Waals surface area contributed by atoms with E-state index in [-0.39, 0.29) is 6.09 Å². The zero-order chi connectivity index (χ0) is 15.8. The average molecular weight is 296 g/mol. The summed E-state index contributed by atoms with van der Waals surface area (Å²) in [6.07, 6.45) is 3.39. The number of nitrogens with zero attached hydrogens (tertiary/aromatic N) is 2. The summed E-state index contributed by atoms with van der Waals surface area (Å²) < 4.78 is 5.13. The summed E-state index contributed by atoms with van der Waals surface area (Å²) in [6, 6.07) is 0.680. The van der Waals surface area contributed by atoms with E-state index < -0.39 is 0 Å². The molecule has 1 spiro atoms. The highest BCUT2D eigenvalue weighted by atomic mass is 16.6. The average Bonchev–Trinajstić information content (AvgIpc) is 2.34. The van der Waals surface area contributed by atoms with Gasteiger partial charge < -0.3 is 14.5 Å². The third-order valence-corrected chi connectivity index (χ3v) is 5.54. The van der Waals surface area contributed by atoms with Crippen LogP contribution in [0.2, 0.25) is 0 Å². The van der Waals surface area contributed by atoms with Crippen molar-refractivity contribution in [3.8, 4) is 0 Å². The molecule has 4 nitrogen and oxygen atoms in total. The van der Waals surface area contributed by atoms with Crippen molar-refractivity contribution < 1.29 is 9.53 Å². The first kappa shape index (κ1) is 16.6. The monoisotopic (exact) mass is 296 g/mol. The first-order valence-corrected chi connectivity index (χ1v) is 8.29. The minimum Gasteiger partial charge on any atom is -0.450 e. The maximum absolute atomic E-state index is 11.9. The zero-order valence-corrected chi connectivity index (χ0v) is 14.6. The van der Waals surface area contributed by atoms with Gasteiger partial charge in [-0.3, -0.25) is 0 Å². The van der Waals surface area contributed by atoms with Crippen molar-refractivity contribution in [3.05, 3.63) is 0 Å². The maximum Gasteiger partial charge on any atom is 0.409 e. The van der Waals surface area contributed by atoms with E-state index in [9.17, 15) is 4.79 Å². The Morgan fingerprint density at radius 1 is 1.29 bits per heavy atom. The number of hydrogen-bond donors (Lipinski definition) is 0. The Balaban J connectivity index is 2.03. The van der Waals surface area contributed by atoms with Crippen LogP contribution in [0.5, 0.6) is 0 Å². The van der Waals surface area contributed by atoms with Crippen molar-refractivity contribution in [2.24, 2.45) is 16.7 Å². The molecule has 1 saturated heterocycles. The molecule has 2 rings (SSSR count). The van der Waals surface area contributed by atoms with E-state index in [0.29, 0.717) is 29.4 Å². The summed E-state index contributed by atoms with van der Waals surface area (Å²) in [7, 11) is 4.40. The van der Waals surface area contributed by atoms with Gasteiger partial charge in [0.25, 0.3) is 0 Å². The van der Waals surface area contributed by atoms with Gasteiger partial charge in [0, 0.05) is 19.1 Å². The third-order valence-electron chi connectivity index (χ3n) is 5.54. The molecule has 4 heteroatoms. The highest BCUT2D eigenvalue weighted by Gasteiger charge is 2.59. The molecular formula is C17H32N2O2. The molecule has 0 aromatic carbocycles. The number of piperidine rings is 1. The van der Waals surface area contributed by atoms with E-state index >= 15 is 0 Å². The lowest BCUT2D eigenvalue weighted by Gasteiger charge is -2.64. The summed E-state index contributed by atoms with van der Waals surface area (Å²) in [5.74, 6) is 0.712. The van der Waals surface area contributed by atoms with Gasteiger partial charge in [0.05, 0.1) is 6.61 Å². The lowest BCUT2D eigenvalue weighted by atomic mass is 9.46. The first-order valence-electron chi connectivity index (χ1n) is 8.29. The van der Waals surface area contributed by atoms with Crippen molar-refractivity contribution in [1.29, 1.82) is 0 Å². The van der Waals surface area contributed by atoms with Crippen LogP contribution in [0.25, 0.3) is 0 Å². The van der Waals surface area contributed by atoms with E-state index in [1.165, 1.54) is 6.42 Å².